The summed E-state index contributed by atoms with van der Waals surface area (Å²) in [6, 6.07) is 6.46. The standard InChI is InChI=1S/C19H23N7O3/c1-2-25-11-20-16-17(21-13-4-3-5-14(10-13)26(28)29)23-19(24-18(16)25)22-12-6-8-15(27)9-7-12/h3-5,10-12,15,27H,2,6-9H2,1H3,(H2,21,22,23,24)/t12-,15-. The number of aryl methyl sites for hydroxylation is 1. The normalized spacial score (nSPS) is 19.2. The Morgan fingerprint density at radius 3 is 2.79 bits per heavy atom. The lowest BCUT2D eigenvalue weighted by atomic mass is 9.93. The molecule has 0 radical (unpaired) electrons. The highest BCUT2D eigenvalue weighted by Crippen LogP contribution is 2.27. The Hall–Kier alpha value is -3.27. The van der Waals surface area contributed by atoms with Crippen LogP contribution in [0.4, 0.5) is 23.1 Å². The second-order valence-corrected chi connectivity index (χ2v) is 7.18. The third-order valence-electron chi connectivity index (χ3n) is 5.15. The molecule has 4 rings (SSSR count). The number of hydrogen-bond acceptors (Lipinski definition) is 8. The van der Waals surface area contributed by atoms with E-state index in [1.807, 2.05) is 11.5 Å². The molecule has 0 atom stereocenters. The first-order valence-corrected chi connectivity index (χ1v) is 9.72. The number of anilines is 3. The van der Waals surface area contributed by atoms with Crippen molar-refractivity contribution in [3.63, 3.8) is 0 Å². The highest BCUT2D eigenvalue weighted by Gasteiger charge is 2.21. The minimum absolute atomic E-state index is 0.00139. The van der Waals surface area contributed by atoms with Crippen LogP contribution in [0, 0.1) is 10.1 Å². The quantitative estimate of drug-likeness (QED) is 0.427. The summed E-state index contributed by atoms with van der Waals surface area (Å²) < 4.78 is 1.92. The molecule has 29 heavy (non-hydrogen) atoms. The minimum atomic E-state index is -0.433. The lowest BCUT2D eigenvalue weighted by Crippen LogP contribution is -2.29. The van der Waals surface area contributed by atoms with E-state index in [4.69, 9.17) is 0 Å². The maximum absolute atomic E-state index is 11.1. The molecule has 0 aliphatic heterocycles. The number of aromatic nitrogens is 4. The predicted molar refractivity (Wildman–Crippen MR) is 109 cm³/mol. The molecule has 0 unspecified atom stereocenters. The Kier molecular flexibility index (Phi) is 5.26. The number of nitro groups is 1. The summed E-state index contributed by atoms with van der Waals surface area (Å²) >= 11 is 0. The van der Waals surface area contributed by atoms with Gasteiger partial charge in [-0.3, -0.25) is 10.1 Å². The van der Waals surface area contributed by atoms with E-state index < -0.39 is 4.92 Å². The van der Waals surface area contributed by atoms with Crippen molar-refractivity contribution in [3.05, 3.63) is 40.7 Å². The van der Waals surface area contributed by atoms with Crippen molar-refractivity contribution in [1.82, 2.24) is 19.5 Å². The SMILES string of the molecule is CCn1cnc2c(Nc3cccc([N+](=O)[O-])c3)nc(N[C@H]3CC[C@H](O)CC3)nc21. The second kappa shape index (κ2) is 8.00. The summed E-state index contributed by atoms with van der Waals surface area (Å²) in [6.07, 6.45) is 4.69. The molecule has 0 spiro atoms. The average molecular weight is 397 g/mol. The zero-order valence-corrected chi connectivity index (χ0v) is 16.1. The molecule has 1 aliphatic carbocycles. The number of rotatable bonds is 6. The molecule has 3 N–H and O–H groups in total. The topological polar surface area (TPSA) is 131 Å². The molecule has 10 nitrogen and oxygen atoms in total. The maximum Gasteiger partial charge on any atom is 0.271 e. The summed E-state index contributed by atoms with van der Waals surface area (Å²) in [5.74, 6) is 0.961. The first-order chi connectivity index (χ1) is 14.0. The van der Waals surface area contributed by atoms with Crippen molar-refractivity contribution >= 4 is 34.3 Å². The first-order valence-electron chi connectivity index (χ1n) is 9.72. The molecule has 0 saturated heterocycles. The van der Waals surface area contributed by atoms with Crippen molar-refractivity contribution in [2.75, 3.05) is 10.6 Å². The van der Waals surface area contributed by atoms with Crippen LogP contribution in [0.25, 0.3) is 11.2 Å². The van der Waals surface area contributed by atoms with Crippen LogP contribution in [0.1, 0.15) is 32.6 Å². The van der Waals surface area contributed by atoms with Gasteiger partial charge in [0.15, 0.2) is 17.0 Å². The molecule has 152 valence electrons. The summed E-state index contributed by atoms with van der Waals surface area (Å²) in [5, 5.41) is 27.3. The van der Waals surface area contributed by atoms with Gasteiger partial charge in [-0.05, 0) is 38.7 Å². The first kappa shape index (κ1) is 19.1. The fourth-order valence-corrected chi connectivity index (χ4v) is 3.56. The van der Waals surface area contributed by atoms with E-state index in [9.17, 15) is 15.2 Å². The van der Waals surface area contributed by atoms with Crippen LogP contribution in [-0.4, -0.2) is 41.7 Å². The van der Waals surface area contributed by atoms with Crippen LogP contribution in [0.15, 0.2) is 30.6 Å². The monoisotopic (exact) mass is 397 g/mol. The minimum Gasteiger partial charge on any atom is -0.393 e. The van der Waals surface area contributed by atoms with Crippen LogP contribution in [0.2, 0.25) is 0 Å². The number of nitrogens with one attached hydrogen (secondary N) is 2. The van der Waals surface area contributed by atoms with Crippen LogP contribution in [-0.2, 0) is 6.54 Å². The molecule has 2 aromatic heterocycles. The number of nitro benzene ring substituents is 1. The van der Waals surface area contributed by atoms with Gasteiger partial charge < -0.3 is 20.3 Å². The van der Waals surface area contributed by atoms with Gasteiger partial charge in [-0.1, -0.05) is 6.07 Å². The number of aliphatic hydroxyl groups is 1. The molecule has 2 heterocycles. The molecule has 1 aliphatic rings. The number of imidazole rings is 1. The van der Waals surface area contributed by atoms with E-state index in [2.05, 4.69) is 25.6 Å². The highest BCUT2D eigenvalue weighted by molar-refractivity contribution is 5.86. The van der Waals surface area contributed by atoms with Gasteiger partial charge in [0.2, 0.25) is 5.95 Å². The zero-order chi connectivity index (χ0) is 20.4. The Morgan fingerprint density at radius 2 is 2.07 bits per heavy atom. The smallest absolute Gasteiger partial charge is 0.271 e. The lowest BCUT2D eigenvalue weighted by molar-refractivity contribution is -0.384. The van der Waals surface area contributed by atoms with Crippen molar-refractivity contribution in [2.24, 2.45) is 0 Å². The summed E-state index contributed by atoms with van der Waals surface area (Å²) in [6.45, 7) is 2.71. The highest BCUT2D eigenvalue weighted by atomic mass is 16.6. The molecule has 10 heteroatoms. The lowest BCUT2D eigenvalue weighted by Gasteiger charge is -2.26. The molecule has 1 fully saturated rings. The van der Waals surface area contributed by atoms with Crippen molar-refractivity contribution < 1.29 is 10.0 Å². The van der Waals surface area contributed by atoms with Gasteiger partial charge in [0, 0.05) is 30.4 Å². The van der Waals surface area contributed by atoms with Gasteiger partial charge in [0.1, 0.15) is 0 Å². The molecule has 1 saturated carbocycles. The van der Waals surface area contributed by atoms with Crippen molar-refractivity contribution in [1.29, 1.82) is 0 Å². The van der Waals surface area contributed by atoms with E-state index in [0.29, 0.717) is 35.2 Å². The Morgan fingerprint density at radius 1 is 1.28 bits per heavy atom. The Labute approximate surface area is 167 Å². The van der Waals surface area contributed by atoms with Gasteiger partial charge in [0.05, 0.1) is 17.4 Å². The number of benzene rings is 1. The fraction of sp³-hybridized carbons (Fsp3) is 0.421. The van der Waals surface area contributed by atoms with Crippen molar-refractivity contribution in [3.8, 4) is 0 Å². The van der Waals surface area contributed by atoms with E-state index >= 15 is 0 Å². The number of non-ortho nitro benzene ring substituents is 1. The van der Waals surface area contributed by atoms with Gasteiger partial charge in [-0.15, -0.1) is 0 Å². The molecule has 1 aromatic carbocycles. The molecular formula is C19H23N7O3. The molecule has 0 amide bonds. The number of fused-ring (bicyclic) bond motifs is 1. The largest absolute Gasteiger partial charge is 0.393 e. The third kappa shape index (κ3) is 4.11. The van der Waals surface area contributed by atoms with Crippen LogP contribution < -0.4 is 10.6 Å². The second-order valence-electron chi connectivity index (χ2n) is 7.18. The van der Waals surface area contributed by atoms with Gasteiger partial charge in [-0.25, -0.2) is 4.98 Å². The molecular weight excluding hydrogens is 374 g/mol. The fourth-order valence-electron chi connectivity index (χ4n) is 3.56. The van der Waals surface area contributed by atoms with E-state index in [1.54, 1.807) is 18.5 Å². The number of hydrogen-bond donors (Lipinski definition) is 3. The predicted octanol–water partition coefficient (Wildman–Crippen LogP) is 3.21. The van der Waals surface area contributed by atoms with E-state index in [1.165, 1.54) is 12.1 Å². The molecule has 3 aromatic rings. The van der Waals surface area contributed by atoms with Crippen LogP contribution in [0.3, 0.4) is 0 Å². The van der Waals surface area contributed by atoms with Crippen LogP contribution in [0.5, 0.6) is 0 Å². The zero-order valence-electron chi connectivity index (χ0n) is 16.1. The van der Waals surface area contributed by atoms with E-state index in [-0.39, 0.29) is 17.8 Å². The Balaban J connectivity index is 1.67. The molecule has 0 bridgehead atoms. The summed E-state index contributed by atoms with van der Waals surface area (Å²) in [5.41, 5.74) is 1.84. The third-order valence-corrected chi connectivity index (χ3v) is 5.15. The summed E-state index contributed by atoms with van der Waals surface area (Å²) in [4.78, 5) is 24.3. The van der Waals surface area contributed by atoms with Gasteiger partial charge >= 0.3 is 0 Å². The van der Waals surface area contributed by atoms with Crippen molar-refractivity contribution in [2.45, 2.75) is 51.3 Å². The maximum atomic E-state index is 11.1. The van der Waals surface area contributed by atoms with Crippen LogP contribution >= 0.6 is 0 Å². The Bertz CT molecular complexity index is 1030. The number of nitrogens with zero attached hydrogens (tertiary/aromatic N) is 5. The van der Waals surface area contributed by atoms with Gasteiger partial charge in [-0.2, -0.15) is 9.97 Å². The number of aliphatic hydroxyl groups excluding tert-OH is 1. The summed E-state index contributed by atoms with van der Waals surface area (Å²) in [7, 11) is 0. The van der Waals surface area contributed by atoms with Gasteiger partial charge in [0.25, 0.3) is 5.69 Å². The van der Waals surface area contributed by atoms with E-state index in [0.717, 1.165) is 25.7 Å². The average Bonchev–Trinajstić information content (AvgIpc) is 3.13.